The van der Waals surface area contributed by atoms with Crippen molar-refractivity contribution in [3.8, 4) is 0 Å². The van der Waals surface area contributed by atoms with Crippen molar-refractivity contribution in [2.24, 2.45) is 0 Å². The largest absolute Gasteiger partial charge is 0.369 e. The standard InChI is InChI=1S/C21H24BrN3O2S/c1-14(2)19-13-16-12-17(22)6-9-20(16)25-21(19)23-10-11-24-28(26,27)18-7-4-15(3)5-8-18/h4-9,12-14,24H,10-11H2,1-3H3,(H,23,25). The van der Waals surface area contributed by atoms with Crippen LogP contribution in [0.3, 0.4) is 0 Å². The molecule has 0 aliphatic heterocycles. The molecule has 0 spiro atoms. The van der Waals surface area contributed by atoms with E-state index in [2.05, 4.69) is 45.9 Å². The molecular weight excluding hydrogens is 438 g/mol. The predicted octanol–water partition coefficient (Wildman–Crippen LogP) is 4.82. The van der Waals surface area contributed by atoms with Gasteiger partial charge in [0.25, 0.3) is 0 Å². The average Bonchev–Trinajstić information content (AvgIpc) is 2.65. The number of hydrogen-bond donors (Lipinski definition) is 2. The van der Waals surface area contributed by atoms with Crippen molar-refractivity contribution in [2.75, 3.05) is 18.4 Å². The summed E-state index contributed by atoms with van der Waals surface area (Å²) >= 11 is 3.50. The Bertz CT molecular complexity index is 1080. The minimum Gasteiger partial charge on any atom is -0.369 e. The van der Waals surface area contributed by atoms with Gasteiger partial charge in [0.05, 0.1) is 10.4 Å². The number of aryl methyl sites for hydroxylation is 1. The van der Waals surface area contributed by atoms with E-state index in [1.165, 1.54) is 0 Å². The highest BCUT2D eigenvalue weighted by molar-refractivity contribution is 9.10. The van der Waals surface area contributed by atoms with Crippen molar-refractivity contribution < 1.29 is 8.42 Å². The fourth-order valence-corrected chi connectivity index (χ4v) is 4.32. The van der Waals surface area contributed by atoms with E-state index in [1.807, 2.05) is 25.1 Å². The van der Waals surface area contributed by atoms with Crippen LogP contribution in [0.2, 0.25) is 0 Å². The molecule has 148 valence electrons. The Labute approximate surface area is 174 Å². The molecule has 0 saturated carbocycles. The molecule has 0 amide bonds. The molecule has 0 atom stereocenters. The van der Waals surface area contributed by atoms with Gasteiger partial charge in [-0.05, 0) is 54.8 Å². The molecule has 0 aliphatic carbocycles. The summed E-state index contributed by atoms with van der Waals surface area (Å²) < 4.78 is 28.4. The van der Waals surface area contributed by atoms with Gasteiger partial charge in [-0.2, -0.15) is 0 Å². The van der Waals surface area contributed by atoms with Crippen LogP contribution in [0, 0.1) is 6.92 Å². The molecule has 2 aromatic carbocycles. The summed E-state index contributed by atoms with van der Waals surface area (Å²) in [5.74, 6) is 1.09. The molecule has 0 fully saturated rings. The molecular formula is C21H24BrN3O2S. The van der Waals surface area contributed by atoms with Crippen molar-refractivity contribution in [1.29, 1.82) is 0 Å². The normalized spacial score (nSPS) is 11.9. The smallest absolute Gasteiger partial charge is 0.240 e. The van der Waals surface area contributed by atoms with Crippen molar-refractivity contribution in [1.82, 2.24) is 9.71 Å². The van der Waals surface area contributed by atoms with Gasteiger partial charge in [-0.1, -0.05) is 47.5 Å². The highest BCUT2D eigenvalue weighted by Gasteiger charge is 2.14. The lowest BCUT2D eigenvalue weighted by Crippen LogP contribution is -2.29. The number of nitrogens with one attached hydrogen (secondary N) is 2. The van der Waals surface area contributed by atoms with Crippen LogP contribution < -0.4 is 10.0 Å². The number of nitrogens with zero attached hydrogens (tertiary/aromatic N) is 1. The number of sulfonamides is 1. The van der Waals surface area contributed by atoms with Gasteiger partial charge < -0.3 is 5.32 Å². The van der Waals surface area contributed by atoms with E-state index in [-0.39, 0.29) is 11.4 Å². The van der Waals surface area contributed by atoms with Crippen LogP contribution in [0.1, 0.15) is 30.9 Å². The molecule has 3 aromatic rings. The van der Waals surface area contributed by atoms with E-state index < -0.39 is 10.0 Å². The maximum absolute atomic E-state index is 12.4. The first-order valence-corrected chi connectivity index (χ1v) is 11.4. The predicted molar refractivity (Wildman–Crippen MR) is 118 cm³/mol. The molecule has 0 unspecified atom stereocenters. The first kappa shape index (κ1) is 20.8. The Hall–Kier alpha value is -1.96. The fourth-order valence-electron chi connectivity index (χ4n) is 2.91. The second-order valence-electron chi connectivity index (χ2n) is 7.06. The van der Waals surface area contributed by atoms with E-state index in [1.54, 1.807) is 24.3 Å². The van der Waals surface area contributed by atoms with E-state index in [0.717, 1.165) is 32.3 Å². The summed E-state index contributed by atoms with van der Waals surface area (Å²) in [6.07, 6.45) is 0. The minimum absolute atomic E-state index is 0.272. The van der Waals surface area contributed by atoms with E-state index in [0.29, 0.717) is 12.5 Å². The summed E-state index contributed by atoms with van der Waals surface area (Å²) in [5.41, 5.74) is 3.03. The molecule has 2 N–H and O–H groups in total. The van der Waals surface area contributed by atoms with Crippen LogP contribution in [0.5, 0.6) is 0 Å². The van der Waals surface area contributed by atoms with Gasteiger partial charge in [0.15, 0.2) is 0 Å². The number of hydrogen-bond acceptors (Lipinski definition) is 4. The van der Waals surface area contributed by atoms with Crippen molar-refractivity contribution in [3.63, 3.8) is 0 Å². The Morgan fingerprint density at radius 1 is 1.04 bits per heavy atom. The molecule has 0 saturated heterocycles. The minimum atomic E-state index is -3.51. The molecule has 3 rings (SSSR count). The second kappa shape index (κ2) is 8.59. The van der Waals surface area contributed by atoms with E-state index in [9.17, 15) is 8.42 Å². The molecule has 28 heavy (non-hydrogen) atoms. The topological polar surface area (TPSA) is 71.1 Å². The Balaban J connectivity index is 1.70. The second-order valence-corrected chi connectivity index (χ2v) is 9.74. The number of rotatable bonds is 7. The molecule has 5 nitrogen and oxygen atoms in total. The van der Waals surface area contributed by atoms with E-state index in [4.69, 9.17) is 4.98 Å². The lowest BCUT2D eigenvalue weighted by molar-refractivity contribution is 0.583. The van der Waals surface area contributed by atoms with Gasteiger partial charge in [-0.15, -0.1) is 0 Å². The van der Waals surface area contributed by atoms with Gasteiger partial charge >= 0.3 is 0 Å². The lowest BCUT2D eigenvalue weighted by Gasteiger charge is -2.15. The molecule has 0 aliphatic rings. The SMILES string of the molecule is Cc1ccc(S(=O)(=O)NCCNc2nc3ccc(Br)cc3cc2C(C)C)cc1. The zero-order valence-corrected chi connectivity index (χ0v) is 18.6. The maximum Gasteiger partial charge on any atom is 0.240 e. The third-order valence-electron chi connectivity index (χ3n) is 4.47. The number of anilines is 1. The maximum atomic E-state index is 12.4. The number of fused-ring (bicyclic) bond motifs is 1. The van der Waals surface area contributed by atoms with Gasteiger partial charge in [0, 0.05) is 22.9 Å². The highest BCUT2D eigenvalue weighted by atomic mass is 79.9. The van der Waals surface area contributed by atoms with Crippen LogP contribution in [0.25, 0.3) is 10.9 Å². The highest BCUT2D eigenvalue weighted by Crippen LogP contribution is 2.28. The third kappa shape index (κ3) is 4.90. The van der Waals surface area contributed by atoms with Crippen molar-refractivity contribution in [3.05, 3.63) is 64.1 Å². The Morgan fingerprint density at radius 2 is 1.75 bits per heavy atom. The summed E-state index contributed by atoms with van der Waals surface area (Å²) in [6.45, 7) is 6.88. The van der Waals surface area contributed by atoms with Crippen LogP contribution in [-0.2, 0) is 10.0 Å². The summed E-state index contributed by atoms with van der Waals surface area (Å²) in [4.78, 5) is 5.00. The summed E-state index contributed by atoms with van der Waals surface area (Å²) in [5, 5.41) is 4.36. The van der Waals surface area contributed by atoms with Crippen LogP contribution in [0.15, 0.2) is 57.9 Å². The molecule has 0 bridgehead atoms. The number of benzene rings is 2. The van der Waals surface area contributed by atoms with Crippen LogP contribution in [0.4, 0.5) is 5.82 Å². The Kier molecular flexibility index (Phi) is 6.37. The molecule has 0 radical (unpaired) electrons. The quantitative estimate of drug-likeness (QED) is 0.494. The third-order valence-corrected chi connectivity index (χ3v) is 6.44. The van der Waals surface area contributed by atoms with Crippen LogP contribution in [-0.4, -0.2) is 26.5 Å². The summed E-state index contributed by atoms with van der Waals surface area (Å²) in [6, 6.07) is 14.9. The first-order valence-electron chi connectivity index (χ1n) is 9.17. The zero-order valence-electron chi connectivity index (χ0n) is 16.2. The molecule has 1 heterocycles. The van der Waals surface area contributed by atoms with Crippen molar-refractivity contribution in [2.45, 2.75) is 31.6 Å². The number of halogens is 1. The number of aromatic nitrogens is 1. The fraction of sp³-hybridized carbons (Fsp3) is 0.286. The number of pyridine rings is 1. The first-order chi connectivity index (χ1) is 13.3. The monoisotopic (exact) mass is 461 g/mol. The van der Waals surface area contributed by atoms with Gasteiger partial charge in [0.1, 0.15) is 5.82 Å². The van der Waals surface area contributed by atoms with Crippen molar-refractivity contribution >= 4 is 42.7 Å². The lowest BCUT2D eigenvalue weighted by atomic mass is 10.0. The molecule has 7 heteroatoms. The van der Waals surface area contributed by atoms with E-state index >= 15 is 0 Å². The molecule has 1 aromatic heterocycles. The average molecular weight is 462 g/mol. The zero-order chi connectivity index (χ0) is 20.3. The van der Waals surface area contributed by atoms with Crippen LogP contribution >= 0.6 is 15.9 Å². The van der Waals surface area contributed by atoms with Gasteiger partial charge in [-0.3, -0.25) is 0 Å². The van der Waals surface area contributed by atoms with Gasteiger partial charge in [-0.25, -0.2) is 18.1 Å². The summed E-state index contributed by atoms with van der Waals surface area (Å²) in [7, 11) is -3.51. The Morgan fingerprint density at radius 3 is 2.43 bits per heavy atom. The van der Waals surface area contributed by atoms with Gasteiger partial charge in [0.2, 0.25) is 10.0 Å².